The fourth-order valence-corrected chi connectivity index (χ4v) is 2.52. The number of carbonyl (C=O) groups excluding carboxylic acids is 1. The Morgan fingerprint density at radius 1 is 1.45 bits per heavy atom. The third-order valence-electron chi connectivity index (χ3n) is 3.69. The summed E-state index contributed by atoms with van der Waals surface area (Å²) in [5, 5.41) is 19.5. The average molecular weight is 275 g/mol. The Balaban J connectivity index is 1.68. The van der Waals surface area contributed by atoms with Crippen molar-refractivity contribution in [3.8, 4) is 11.3 Å². The van der Waals surface area contributed by atoms with E-state index in [1.54, 1.807) is 24.7 Å². The Labute approximate surface area is 116 Å². The van der Waals surface area contributed by atoms with Gasteiger partial charge in [-0.15, -0.1) is 0 Å². The monoisotopic (exact) mass is 275 g/mol. The number of rotatable bonds is 3. The lowest BCUT2D eigenvalue weighted by Crippen LogP contribution is -2.45. The highest BCUT2D eigenvalue weighted by Gasteiger charge is 2.25. The van der Waals surface area contributed by atoms with Crippen LogP contribution in [0.2, 0.25) is 0 Å². The third-order valence-corrected chi connectivity index (χ3v) is 3.69. The number of aromatic nitrogens is 2. The van der Waals surface area contributed by atoms with E-state index in [1.165, 1.54) is 0 Å². The Bertz CT molecular complexity index is 576. The van der Waals surface area contributed by atoms with Crippen molar-refractivity contribution >= 4 is 5.91 Å². The molecule has 20 heavy (non-hydrogen) atoms. The number of nitrogens with zero attached hydrogens (tertiary/aromatic N) is 1. The highest BCUT2D eigenvalue weighted by Crippen LogP contribution is 2.20. The quantitative estimate of drug-likeness (QED) is 0.795. The fraction of sp³-hybridized carbons (Fsp3) is 0.429. The lowest BCUT2D eigenvalue weighted by Gasteiger charge is -2.28. The van der Waals surface area contributed by atoms with Crippen molar-refractivity contribution in [1.82, 2.24) is 15.5 Å². The molecule has 3 rings (SSSR count). The summed E-state index contributed by atoms with van der Waals surface area (Å²) >= 11 is 0. The average Bonchev–Trinajstić information content (AvgIpc) is 3.11. The molecule has 6 heteroatoms. The summed E-state index contributed by atoms with van der Waals surface area (Å²) in [5.74, 6) is -0.238. The first kappa shape index (κ1) is 12.9. The molecule has 2 aromatic rings. The number of amides is 1. The molecule has 1 fully saturated rings. The van der Waals surface area contributed by atoms with Gasteiger partial charge < -0.3 is 14.8 Å². The minimum atomic E-state index is -0.455. The van der Waals surface area contributed by atoms with Crippen LogP contribution in [0.1, 0.15) is 36.2 Å². The Morgan fingerprint density at radius 2 is 2.30 bits per heavy atom. The minimum Gasteiger partial charge on any atom is -0.472 e. The summed E-state index contributed by atoms with van der Waals surface area (Å²) < 4.78 is 4.99. The van der Waals surface area contributed by atoms with Gasteiger partial charge in [-0.25, -0.2) is 0 Å². The van der Waals surface area contributed by atoms with E-state index >= 15 is 0 Å². The van der Waals surface area contributed by atoms with Crippen molar-refractivity contribution in [3.05, 3.63) is 30.4 Å². The summed E-state index contributed by atoms with van der Waals surface area (Å²) in [6.07, 6.45) is 6.28. The zero-order valence-electron chi connectivity index (χ0n) is 11.0. The maximum Gasteiger partial charge on any atom is 0.269 e. The lowest BCUT2D eigenvalue weighted by molar-refractivity contribution is 0.0714. The number of furan rings is 1. The number of hydrogen-bond acceptors (Lipinski definition) is 4. The van der Waals surface area contributed by atoms with Crippen LogP contribution in [0.15, 0.2) is 29.1 Å². The van der Waals surface area contributed by atoms with Crippen LogP contribution < -0.4 is 5.32 Å². The molecule has 2 atom stereocenters. The summed E-state index contributed by atoms with van der Waals surface area (Å²) in [4.78, 5) is 12.1. The topological polar surface area (TPSA) is 91.2 Å². The molecule has 0 bridgehead atoms. The molecule has 3 N–H and O–H groups in total. The zero-order chi connectivity index (χ0) is 13.9. The van der Waals surface area contributed by atoms with Crippen molar-refractivity contribution in [2.75, 3.05) is 0 Å². The van der Waals surface area contributed by atoms with Crippen LogP contribution in [-0.2, 0) is 0 Å². The van der Waals surface area contributed by atoms with E-state index in [2.05, 4.69) is 15.5 Å². The molecule has 0 aromatic carbocycles. The number of aromatic amines is 1. The molecule has 0 unspecified atom stereocenters. The molecule has 2 heterocycles. The molecule has 1 aliphatic carbocycles. The van der Waals surface area contributed by atoms with Crippen LogP contribution in [0.25, 0.3) is 11.3 Å². The SMILES string of the molecule is O=C(N[C@@H]1CCCC[C@H]1O)c1cc(-c2ccoc2)n[nH]1. The molecule has 1 aliphatic rings. The molecule has 0 aliphatic heterocycles. The van der Waals surface area contributed by atoms with Gasteiger partial charge in [0.25, 0.3) is 5.91 Å². The summed E-state index contributed by atoms with van der Waals surface area (Å²) in [6.45, 7) is 0. The van der Waals surface area contributed by atoms with Crippen molar-refractivity contribution in [1.29, 1.82) is 0 Å². The predicted molar refractivity (Wildman–Crippen MR) is 72.0 cm³/mol. The minimum absolute atomic E-state index is 0.170. The molecule has 0 radical (unpaired) electrons. The maximum atomic E-state index is 12.1. The van der Waals surface area contributed by atoms with E-state index < -0.39 is 6.10 Å². The molecular formula is C14H17N3O3. The molecule has 1 amide bonds. The second kappa shape index (κ2) is 5.50. The first-order valence-electron chi connectivity index (χ1n) is 6.81. The first-order valence-corrected chi connectivity index (χ1v) is 6.81. The second-order valence-corrected chi connectivity index (χ2v) is 5.11. The molecular weight excluding hydrogens is 258 g/mol. The highest BCUT2D eigenvalue weighted by atomic mass is 16.3. The van der Waals surface area contributed by atoms with Gasteiger partial charge in [-0.1, -0.05) is 12.8 Å². The molecule has 106 valence electrons. The van der Waals surface area contributed by atoms with Gasteiger partial charge in [-0.3, -0.25) is 9.89 Å². The van der Waals surface area contributed by atoms with E-state index in [-0.39, 0.29) is 11.9 Å². The van der Waals surface area contributed by atoms with E-state index in [0.29, 0.717) is 11.4 Å². The van der Waals surface area contributed by atoms with Gasteiger partial charge in [0.15, 0.2) is 0 Å². The summed E-state index contributed by atoms with van der Waals surface area (Å²) in [5.41, 5.74) is 1.87. The standard InChI is InChI=1S/C14H17N3O3/c18-13-4-2-1-3-10(13)15-14(19)12-7-11(16-17-12)9-5-6-20-8-9/h5-8,10,13,18H,1-4H2,(H,15,19)(H,16,17)/t10-,13-/m1/s1. The van der Waals surface area contributed by atoms with Gasteiger partial charge in [0.1, 0.15) is 5.69 Å². The van der Waals surface area contributed by atoms with Crippen LogP contribution in [0.5, 0.6) is 0 Å². The zero-order valence-corrected chi connectivity index (χ0v) is 11.0. The van der Waals surface area contributed by atoms with Gasteiger partial charge in [0.05, 0.1) is 30.4 Å². The van der Waals surface area contributed by atoms with Gasteiger partial charge in [0, 0.05) is 5.56 Å². The Kier molecular flexibility index (Phi) is 3.56. The molecule has 1 saturated carbocycles. The molecule has 0 spiro atoms. The fourth-order valence-electron chi connectivity index (χ4n) is 2.52. The highest BCUT2D eigenvalue weighted by molar-refractivity contribution is 5.93. The van der Waals surface area contributed by atoms with Gasteiger partial charge in [0.2, 0.25) is 0 Å². The van der Waals surface area contributed by atoms with E-state index in [9.17, 15) is 9.90 Å². The molecule has 0 saturated heterocycles. The van der Waals surface area contributed by atoms with Crippen molar-refractivity contribution in [2.24, 2.45) is 0 Å². The summed E-state index contributed by atoms with van der Waals surface area (Å²) in [6, 6.07) is 3.29. The van der Waals surface area contributed by atoms with Gasteiger partial charge in [-0.2, -0.15) is 5.10 Å². The number of carbonyl (C=O) groups is 1. The van der Waals surface area contributed by atoms with Gasteiger partial charge >= 0.3 is 0 Å². The van der Waals surface area contributed by atoms with Crippen LogP contribution in [0.4, 0.5) is 0 Å². The predicted octanol–water partition coefficient (Wildman–Crippen LogP) is 1.70. The normalized spacial score (nSPS) is 22.6. The number of nitrogens with one attached hydrogen (secondary N) is 2. The maximum absolute atomic E-state index is 12.1. The molecule has 2 aromatic heterocycles. The van der Waals surface area contributed by atoms with Crippen LogP contribution in [0, 0.1) is 0 Å². The van der Waals surface area contributed by atoms with Crippen LogP contribution >= 0.6 is 0 Å². The second-order valence-electron chi connectivity index (χ2n) is 5.11. The first-order chi connectivity index (χ1) is 9.74. The van der Waals surface area contributed by atoms with Crippen molar-refractivity contribution in [3.63, 3.8) is 0 Å². The number of hydrogen-bond donors (Lipinski definition) is 3. The van der Waals surface area contributed by atoms with Gasteiger partial charge in [-0.05, 0) is 25.0 Å². The summed E-state index contributed by atoms with van der Waals surface area (Å²) in [7, 11) is 0. The Hall–Kier alpha value is -2.08. The van der Waals surface area contributed by atoms with E-state index in [4.69, 9.17) is 4.42 Å². The van der Waals surface area contributed by atoms with Crippen LogP contribution in [-0.4, -0.2) is 33.4 Å². The van der Waals surface area contributed by atoms with Crippen molar-refractivity contribution in [2.45, 2.75) is 37.8 Å². The number of aliphatic hydroxyl groups excluding tert-OH is 1. The van der Waals surface area contributed by atoms with E-state index in [0.717, 1.165) is 31.2 Å². The third kappa shape index (κ3) is 2.60. The van der Waals surface area contributed by atoms with E-state index in [1.807, 2.05) is 0 Å². The number of H-pyrrole nitrogens is 1. The Morgan fingerprint density at radius 3 is 3.05 bits per heavy atom. The smallest absolute Gasteiger partial charge is 0.269 e. The number of aliphatic hydroxyl groups is 1. The lowest BCUT2D eigenvalue weighted by atomic mass is 9.92. The molecule has 6 nitrogen and oxygen atoms in total. The van der Waals surface area contributed by atoms with Crippen molar-refractivity contribution < 1.29 is 14.3 Å². The van der Waals surface area contributed by atoms with Crippen LogP contribution in [0.3, 0.4) is 0 Å². The largest absolute Gasteiger partial charge is 0.472 e.